The summed E-state index contributed by atoms with van der Waals surface area (Å²) in [5.74, 6) is -0.320. The van der Waals surface area contributed by atoms with E-state index in [1.54, 1.807) is 24.3 Å². The van der Waals surface area contributed by atoms with Gasteiger partial charge in [0.15, 0.2) is 0 Å². The lowest BCUT2D eigenvalue weighted by molar-refractivity contribution is -0.384. The first-order valence-electron chi connectivity index (χ1n) is 5.39. The topological polar surface area (TPSA) is 69.4 Å². The molecule has 0 unspecified atom stereocenters. The van der Waals surface area contributed by atoms with Gasteiger partial charge < -0.3 is 4.74 Å². The van der Waals surface area contributed by atoms with Crippen molar-refractivity contribution in [3.63, 3.8) is 0 Å². The highest BCUT2D eigenvalue weighted by Gasteiger charge is 2.16. The van der Waals surface area contributed by atoms with Crippen LogP contribution >= 0.6 is 27.5 Å². The maximum Gasteiger partial charge on any atom is 0.345 e. The monoisotopic (exact) mass is 355 g/mol. The molecule has 0 aliphatic heterocycles. The number of hydrogen-bond donors (Lipinski definition) is 0. The number of carbonyl (C=O) groups is 1. The molecule has 7 heteroatoms. The van der Waals surface area contributed by atoms with Crippen LogP contribution in [0.3, 0.4) is 0 Å². The molecular formula is C13H7BrClNO4. The van der Waals surface area contributed by atoms with E-state index < -0.39 is 10.9 Å². The smallest absolute Gasteiger partial charge is 0.345 e. The van der Waals surface area contributed by atoms with Crippen LogP contribution in [0, 0.1) is 10.1 Å². The number of esters is 1. The van der Waals surface area contributed by atoms with Crippen molar-refractivity contribution in [2.75, 3.05) is 0 Å². The summed E-state index contributed by atoms with van der Waals surface area (Å²) in [6, 6.07) is 10.2. The fourth-order valence-corrected chi connectivity index (χ4v) is 1.96. The molecule has 5 nitrogen and oxygen atoms in total. The van der Waals surface area contributed by atoms with E-state index in [1.165, 1.54) is 12.1 Å². The van der Waals surface area contributed by atoms with E-state index in [4.69, 9.17) is 16.3 Å². The largest absolute Gasteiger partial charge is 0.423 e. The Bertz CT molecular complexity index is 673. The molecule has 0 aliphatic rings. The Hall–Kier alpha value is -1.92. The maximum atomic E-state index is 11.9. The molecule has 0 spiro atoms. The number of hydrogen-bond acceptors (Lipinski definition) is 4. The first-order chi connectivity index (χ1) is 9.47. The van der Waals surface area contributed by atoms with Gasteiger partial charge in [0.1, 0.15) is 5.75 Å². The Balaban J connectivity index is 2.21. The summed E-state index contributed by atoms with van der Waals surface area (Å²) in [7, 11) is 0. The summed E-state index contributed by atoms with van der Waals surface area (Å²) in [5.41, 5.74) is -0.115. The second-order valence-corrected chi connectivity index (χ2v) is 5.09. The summed E-state index contributed by atoms with van der Waals surface area (Å²) in [6.45, 7) is 0. The van der Waals surface area contributed by atoms with Crippen LogP contribution in [0.25, 0.3) is 0 Å². The fourth-order valence-electron chi connectivity index (χ4n) is 1.45. The standard InChI is InChI=1S/C13H7BrClNO4/c14-8-1-4-10(5-2-8)20-13(17)11-6-3-9(16(18)19)7-12(11)15/h1-7H. The van der Waals surface area contributed by atoms with Crippen LogP contribution in [0.1, 0.15) is 10.4 Å². The highest BCUT2D eigenvalue weighted by molar-refractivity contribution is 9.10. The SMILES string of the molecule is O=C(Oc1ccc(Br)cc1)c1ccc([N+](=O)[O-])cc1Cl. The highest BCUT2D eigenvalue weighted by Crippen LogP contribution is 2.24. The van der Waals surface area contributed by atoms with Crippen LogP contribution in [-0.4, -0.2) is 10.9 Å². The molecular weight excluding hydrogens is 350 g/mol. The Morgan fingerprint density at radius 3 is 2.40 bits per heavy atom. The second-order valence-electron chi connectivity index (χ2n) is 3.76. The lowest BCUT2D eigenvalue weighted by Crippen LogP contribution is -2.09. The molecule has 2 aromatic rings. The molecule has 102 valence electrons. The third kappa shape index (κ3) is 3.34. The van der Waals surface area contributed by atoms with E-state index in [0.717, 1.165) is 10.5 Å². The van der Waals surface area contributed by atoms with Gasteiger partial charge in [0, 0.05) is 16.6 Å². The molecule has 0 aromatic heterocycles. The average molecular weight is 357 g/mol. The molecule has 0 bridgehead atoms. The number of nitro groups is 1. The van der Waals surface area contributed by atoms with Gasteiger partial charge in [-0.05, 0) is 30.3 Å². The van der Waals surface area contributed by atoms with Gasteiger partial charge in [-0.15, -0.1) is 0 Å². The number of carbonyl (C=O) groups excluding carboxylic acids is 1. The number of benzene rings is 2. The van der Waals surface area contributed by atoms with Crippen molar-refractivity contribution in [3.8, 4) is 5.75 Å². The predicted octanol–water partition coefficient (Wildman–Crippen LogP) is 4.23. The lowest BCUT2D eigenvalue weighted by Gasteiger charge is -2.05. The zero-order valence-corrected chi connectivity index (χ0v) is 12.2. The Kier molecular flexibility index (Phi) is 4.36. The number of nitro benzene ring substituents is 1. The average Bonchev–Trinajstić information content (AvgIpc) is 2.41. The van der Waals surface area contributed by atoms with E-state index in [1.807, 2.05) is 0 Å². The first kappa shape index (κ1) is 14.5. The molecule has 0 amide bonds. The van der Waals surface area contributed by atoms with Crippen molar-refractivity contribution < 1.29 is 14.5 Å². The molecule has 0 saturated heterocycles. The highest BCUT2D eigenvalue weighted by atomic mass is 79.9. The number of nitrogens with zero attached hydrogens (tertiary/aromatic N) is 1. The van der Waals surface area contributed by atoms with Crippen LogP contribution in [0.4, 0.5) is 5.69 Å². The van der Waals surface area contributed by atoms with Crippen molar-refractivity contribution in [2.45, 2.75) is 0 Å². The van der Waals surface area contributed by atoms with E-state index in [2.05, 4.69) is 15.9 Å². The quantitative estimate of drug-likeness (QED) is 0.357. The fraction of sp³-hybridized carbons (Fsp3) is 0. The molecule has 2 aromatic carbocycles. The summed E-state index contributed by atoms with van der Waals surface area (Å²) in [6.07, 6.45) is 0. The van der Waals surface area contributed by atoms with Gasteiger partial charge in [-0.25, -0.2) is 4.79 Å². The van der Waals surface area contributed by atoms with E-state index in [-0.39, 0.29) is 16.3 Å². The van der Waals surface area contributed by atoms with Crippen molar-refractivity contribution in [1.82, 2.24) is 0 Å². The number of non-ortho nitro benzene ring substituents is 1. The molecule has 0 fully saturated rings. The summed E-state index contributed by atoms with van der Waals surface area (Å²) >= 11 is 9.11. The Labute approximate surface area is 127 Å². The third-order valence-corrected chi connectivity index (χ3v) is 3.25. The summed E-state index contributed by atoms with van der Waals surface area (Å²) in [5, 5.41) is 10.6. The molecule has 0 aliphatic carbocycles. The van der Waals surface area contributed by atoms with Gasteiger partial charge in [-0.3, -0.25) is 10.1 Å². The number of rotatable bonds is 3. The van der Waals surface area contributed by atoms with Crippen LogP contribution in [0.15, 0.2) is 46.9 Å². The number of halogens is 2. The zero-order valence-electron chi connectivity index (χ0n) is 9.88. The van der Waals surface area contributed by atoms with Crippen LogP contribution < -0.4 is 4.74 Å². The maximum absolute atomic E-state index is 11.9. The van der Waals surface area contributed by atoms with Crippen molar-refractivity contribution >= 4 is 39.2 Å². The van der Waals surface area contributed by atoms with Crippen LogP contribution in [-0.2, 0) is 0 Å². The van der Waals surface area contributed by atoms with Gasteiger partial charge in [0.05, 0.1) is 15.5 Å². The Morgan fingerprint density at radius 1 is 1.20 bits per heavy atom. The normalized spacial score (nSPS) is 10.1. The molecule has 0 N–H and O–H groups in total. The lowest BCUT2D eigenvalue weighted by atomic mass is 10.2. The van der Waals surface area contributed by atoms with Crippen molar-refractivity contribution in [2.24, 2.45) is 0 Å². The van der Waals surface area contributed by atoms with Crippen LogP contribution in [0.2, 0.25) is 5.02 Å². The van der Waals surface area contributed by atoms with Crippen LogP contribution in [0.5, 0.6) is 5.75 Å². The molecule has 2 rings (SSSR count). The molecule has 0 saturated carbocycles. The summed E-state index contributed by atoms with van der Waals surface area (Å²) < 4.78 is 5.98. The Morgan fingerprint density at radius 2 is 1.85 bits per heavy atom. The van der Waals surface area contributed by atoms with Gasteiger partial charge >= 0.3 is 5.97 Å². The van der Waals surface area contributed by atoms with Gasteiger partial charge in [0.2, 0.25) is 0 Å². The van der Waals surface area contributed by atoms with E-state index in [9.17, 15) is 14.9 Å². The number of ether oxygens (including phenoxy) is 1. The zero-order chi connectivity index (χ0) is 14.7. The summed E-state index contributed by atoms with van der Waals surface area (Å²) in [4.78, 5) is 21.9. The van der Waals surface area contributed by atoms with E-state index >= 15 is 0 Å². The van der Waals surface area contributed by atoms with E-state index in [0.29, 0.717) is 5.75 Å². The third-order valence-electron chi connectivity index (χ3n) is 2.41. The van der Waals surface area contributed by atoms with Crippen molar-refractivity contribution in [3.05, 3.63) is 67.6 Å². The van der Waals surface area contributed by atoms with Gasteiger partial charge in [0.25, 0.3) is 5.69 Å². The molecule has 0 heterocycles. The first-order valence-corrected chi connectivity index (χ1v) is 6.56. The molecule has 20 heavy (non-hydrogen) atoms. The van der Waals surface area contributed by atoms with Crippen molar-refractivity contribution in [1.29, 1.82) is 0 Å². The minimum Gasteiger partial charge on any atom is -0.423 e. The molecule has 0 atom stereocenters. The minimum atomic E-state index is -0.674. The molecule has 0 radical (unpaired) electrons. The van der Waals surface area contributed by atoms with Gasteiger partial charge in [-0.2, -0.15) is 0 Å². The second kappa shape index (κ2) is 6.02. The minimum absolute atomic E-state index is 0.0266. The van der Waals surface area contributed by atoms with Gasteiger partial charge in [-0.1, -0.05) is 27.5 Å². The predicted molar refractivity (Wildman–Crippen MR) is 77.2 cm³/mol.